The minimum Gasteiger partial charge on any atom is -0.378 e. The van der Waals surface area contributed by atoms with Gasteiger partial charge in [0.05, 0.1) is 0 Å². The lowest BCUT2D eigenvalue weighted by molar-refractivity contribution is 0.0949. The van der Waals surface area contributed by atoms with Crippen molar-refractivity contribution >= 4 is 11.6 Å². The fourth-order valence-electron chi connectivity index (χ4n) is 1.88. The van der Waals surface area contributed by atoms with E-state index in [0.29, 0.717) is 18.7 Å². The molecule has 4 nitrogen and oxygen atoms in total. The number of nitrogens with one attached hydrogen (secondary N) is 1. The summed E-state index contributed by atoms with van der Waals surface area (Å²) in [6.45, 7) is 0.484. The highest BCUT2D eigenvalue weighted by Crippen LogP contribution is 2.11. The molecule has 2 rings (SSSR count). The average Bonchev–Trinajstić information content (AvgIpc) is 2.49. The highest BCUT2D eigenvalue weighted by Gasteiger charge is 2.08. The SMILES string of the molecule is CN(C)c1ccnc(C(=O)NCCc2ccc(F)cc2)c1. The lowest BCUT2D eigenvalue weighted by Crippen LogP contribution is -2.26. The maximum atomic E-state index is 12.8. The number of aromatic nitrogens is 1. The summed E-state index contributed by atoms with van der Waals surface area (Å²) >= 11 is 0. The first-order valence-electron chi connectivity index (χ1n) is 6.72. The number of carbonyl (C=O) groups is 1. The van der Waals surface area contributed by atoms with Gasteiger partial charge >= 0.3 is 0 Å². The van der Waals surface area contributed by atoms with E-state index in [2.05, 4.69) is 10.3 Å². The topological polar surface area (TPSA) is 45.2 Å². The third-order valence-electron chi connectivity index (χ3n) is 3.11. The summed E-state index contributed by atoms with van der Waals surface area (Å²) in [5, 5.41) is 2.81. The molecule has 1 N–H and O–H groups in total. The van der Waals surface area contributed by atoms with Crippen LogP contribution in [0.25, 0.3) is 0 Å². The molecule has 0 aliphatic rings. The number of halogens is 1. The van der Waals surface area contributed by atoms with Crippen LogP contribution in [0.5, 0.6) is 0 Å². The molecule has 1 aromatic heterocycles. The largest absolute Gasteiger partial charge is 0.378 e. The fourth-order valence-corrected chi connectivity index (χ4v) is 1.88. The fraction of sp³-hybridized carbons (Fsp3) is 0.250. The average molecular weight is 287 g/mol. The Bertz CT molecular complexity index is 611. The number of rotatable bonds is 5. The van der Waals surface area contributed by atoms with Crippen molar-refractivity contribution in [1.29, 1.82) is 0 Å². The van der Waals surface area contributed by atoms with Gasteiger partial charge in [-0.15, -0.1) is 0 Å². The summed E-state index contributed by atoms with van der Waals surface area (Å²) in [5.74, 6) is -0.465. The van der Waals surface area contributed by atoms with Gasteiger partial charge in [-0.3, -0.25) is 9.78 Å². The van der Waals surface area contributed by atoms with Gasteiger partial charge in [-0.1, -0.05) is 12.1 Å². The normalized spacial score (nSPS) is 10.2. The first-order valence-corrected chi connectivity index (χ1v) is 6.72. The molecule has 0 bridgehead atoms. The van der Waals surface area contributed by atoms with E-state index in [1.165, 1.54) is 12.1 Å². The number of amides is 1. The third kappa shape index (κ3) is 4.27. The molecule has 2 aromatic rings. The van der Waals surface area contributed by atoms with Gasteiger partial charge in [0, 0.05) is 32.5 Å². The van der Waals surface area contributed by atoms with Crippen LogP contribution in [-0.4, -0.2) is 31.5 Å². The van der Waals surface area contributed by atoms with Gasteiger partial charge in [0.25, 0.3) is 5.91 Å². The molecule has 0 saturated carbocycles. The van der Waals surface area contributed by atoms with Crippen molar-refractivity contribution < 1.29 is 9.18 Å². The highest BCUT2D eigenvalue weighted by atomic mass is 19.1. The number of hydrogen-bond acceptors (Lipinski definition) is 3. The van der Waals surface area contributed by atoms with Gasteiger partial charge in [0.2, 0.25) is 0 Å². The van der Waals surface area contributed by atoms with E-state index < -0.39 is 0 Å². The van der Waals surface area contributed by atoms with Gasteiger partial charge in [0.1, 0.15) is 11.5 Å². The Balaban J connectivity index is 1.89. The van der Waals surface area contributed by atoms with E-state index in [4.69, 9.17) is 0 Å². The Morgan fingerprint density at radius 3 is 2.62 bits per heavy atom. The highest BCUT2D eigenvalue weighted by molar-refractivity contribution is 5.93. The summed E-state index contributed by atoms with van der Waals surface area (Å²) in [4.78, 5) is 18.0. The van der Waals surface area contributed by atoms with Crippen LogP contribution >= 0.6 is 0 Å². The maximum absolute atomic E-state index is 12.8. The number of carbonyl (C=O) groups excluding carboxylic acids is 1. The van der Waals surface area contributed by atoms with Crippen LogP contribution in [0.4, 0.5) is 10.1 Å². The molecule has 0 radical (unpaired) electrons. The number of anilines is 1. The second-order valence-corrected chi connectivity index (χ2v) is 4.93. The molecule has 0 unspecified atom stereocenters. The minimum atomic E-state index is -0.257. The van der Waals surface area contributed by atoms with Gasteiger partial charge in [-0.25, -0.2) is 4.39 Å². The van der Waals surface area contributed by atoms with Gasteiger partial charge in [-0.05, 0) is 36.2 Å². The summed E-state index contributed by atoms with van der Waals surface area (Å²) in [5.41, 5.74) is 2.29. The van der Waals surface area contributed by atoms with Crippen molar-refractivity contribution in [2.45, 2.75) is 6.42 Å². The number of pyridine rings is 1. The quantitative estimate of drug-likeness (QED) is 0.917. The number of nitrogens with zero attached hydrogens (tertiary/aromatic N) is 2. The molecule has 1 heterocycles. The molecule has 0 aliphatic heterocycles. The van der Waals surface area contributed by atoms with E-state index in [1.807, 2.05) is 25.1 Å². The first-order chi connectivity index (χ1) is 10.1. The molecule has 5 heteroatoms. The predicted octanol–water partition coefficient (Wildman–Crippen LogP) is 2.26. The molecule has 0 saturated heterocycles. The Labute approximate surface area is 123 Å². The second-order valence-electron chi connectivity index (χ2n) is 4.93. The van der Waals surface area contributed by atoms with Crippen LogP contribution in [0.2, 0.25) is 0 Å². The Kier molecular flexibility index (Phi) is 4.87. The minimum absolute atomic E-state index is 0.208. The van der Waals surface area contributed by atoms with Crippen LogP contribution in [0.1, 0.15) is 16.1 Å². The van der Waals surface area contributed by atoms with Crippen molar-refractivity contribution in [3.8, 4) is 0 Å². The van der Waals surface area contributed by atoms with Crippen LogP contribution in [0.15, 0.2) is 42.6 Å². The molecule has 0 aliphatic carbocycles. The molecule has 21 heavy (non-hydrogen) atoms. The second kappa shape index (κ2) is 6.83. The van der Waals surface area contributed by atoms with E-state index in [1.54, 1.807) is 24.4 Å². The maximum Gasteiger partial charge on any atom is 0.269 e. The zero-order valence-corrected chi connectivity index (χ0v) is 12.1. The van der Waals surface area contributed by atoms with Crippen LogP contribution < -0.4 is 10.2 Å². The monoisotopic (exact) mass is 287 g/mol. The van der Waals surface area contributed by atoms with Gasteiger partial charge in [0.15, 0.2) is 0 Å². The smallest absolute Gasteiger partial charge is 0.269 e. The lowest BCUT2D eigenvalue weighted by atomic mass is 10.1. The lowest BCUT2D eigenvalue weighted by Gasteiger charge is -2.13. The van der Waals surface area contributed by atoms with Crippen LogP contribution in [0, 0.1) is 5.82 Å². The first kappa shape index (κ1) is 15.0. The van der Waals surface area contributed by atoms with Crippen LogP contribution in [-0.2, 0) is 6.42 Å². The van der Waals surface area contributed by atoms with Crippen molar-refractivity contribution in [2.75, 3.05) is 25.5 Å². The Hall–Kier alpha value is -2.43. The summed E-state index contributed by atoms with van der Waals surface area (Å²) < 4.78 is 12.8. The van der Waals surface area contributed by atoms with Crippen LogP contribution in [0.3, 0.4) is 0 Å². The molecule has 0 spiro atoms. The number of hydrogen-bond donors (Lipinski definition) is 1. The van der Waals surface area contributed by atoms with Gasteiger partial charge in [-0.2, -0.15) is 0 Å². The zero-order chi connectivity index (χ0) is 15.2. The molecular formula is C16H18FN3O. The van der Waals surface area contributed by atoms with Gasteiger partial charge < -0.3 is 10.2 Å². The molecule has 110 valence electrons. The Morgan fingerprint density at radius 1 is 1.24 bits per heavy atom. The summed E-state index contributed by atoms with van der Waals surface area (Å²) in [7, 11) is 3.82. The van der Waals surface area contributed by atoms with Crippen molar-refractivity contribution in [1.82, 2.24) is 10.3 Å². The standard InChI is InChI=1S/C16H18FN3O/c1-20(2)14-8-10-18-15(11-14)16(21)19-9-7-12-3-5-13(17)6-4-12/h3-6,8,10-11H,7,9H2,1-2H3,(H,19,21). The molecule has 1 aromatic carbocycles. The van der Waals surface area contributed by atoms with E-state index in [9.17, 15) is 9.18 Å². The third-order valence-corrected chi connectivity index (χ3v) is 3.11. The molecular weight excluding hydrogens is 269 g/mol. The van der Waals surface area contributed by atoms with Crippen molar-refractivity contribution in [3.05, 3.63) is 59.7 Å². The molecule has 1 amide bonds. The summed E-state index contributed by atoms with van der Waals surface area (Å²) in [6.07, 6.45) is 2.27. The predicted molar refractivity (Wildman–Crippen MR) is 81.0 cm³/mol. The van der Waals surface area contributed by atoms with E-state index >= 15 is 0 Å². The van der Waals surface area contributed by atoms with E-state index in [-0.39, 0.29) is 11.7 Å². The van der Waals surface area contributed by atoms with Crippen molar-refractivity contribution in [3.63, 3.8) is 0 Å². The zero-order valence-electron chi connectivity index (χ0n) is 12.1. The molecule has 0 fully saturated rings. The Morgan fingerprint density at radius 2 is 1.95 bits per heavy atom. The van der Waals surface area contributed by atoms with Crippen molar-refractivity contribution in [2.24, 2.45) is 0 Å². The number of benzene rings is 1. The molecule has 0 atom stereocenters. The summed E-state index contributed by atoms with van der Waals surface area (Å²) in [6, 6.07) is 9.85. The van der Waals surface area contributed by atoms with E-state index in [0.717, 1.165) is 11.3 Å².